The fourth-order valence-corrected chi connectivity index (χ4v) is 4.49. The standard InChI is InChI=1S/C18H20ClN5OS/c1-23(11-13-3-2-4-20-10-13)12-14-9-15-16(26-14)17(22-18(19)21-15)24-5-7-25-8-6-24/h2-4,9-10H,5-8,11-12H2,1H3. The van der Waals surface area contributed by atoms with E-state index in [-0.39, 0.29) is 0 Å². The van der Waals surface area contributed by atoms with Crippen LogP contribution in [-0.4, -0.2) is 53.2 Å². The minimum absolute atomic E-state index is 0.298. The molecule has 0 aromatic carbocycles. The van der Waals surface area contributed by atoms with Crippen LogP contribution in [0.1, 0.15) is 10.4 Å². The summed E-state index contributed by atoms with van der Waals surface area (Å²) in [6, 6.07) is 6.18. The molecule has 136 valence electrons. The maximum Gasteiger partial charge on any atom is 0.224 e. The molecule has 0 saturated carbocycles. The number of morpholine rings is 1. The number of nitrogens with zero attached hydrogens (tertiary/aromatic N) is 5. The lowest BCUT2D eigenvalue weighted by atomic mass is 10.2. The Labute approximate surface area is 161 Å². The van der Waals surface area contributed by atoms with Crippen LogP contribution in [0.4, 0.5) is 5.82 Å². The van der Waals surface area contributed by atoms with Crippen molar-refractivity contribution in [1.29, 1.82) is 0 Å². The number of ether oxygens (including phenoxy) is 1. The summed E-state index contributed by atoms with van der Waals surface area (Å²) in [7, 11) is 2.11. The van der Waals surface area contributed by atoms with Crippen LogP contribution in [0.15, 0.2) is 30.6 Å². The van der Waals surface area contributed by atoms with Gasteiger partial charge in [-0.25, -0.2) is 4.98 Å². The number of fused-ring (bicyclic) bond motifs is 1. The highest BCUT2D eigenvalue weighted by molar-refractivity contribution is 7.19. The molecule has 0 amide bonds. The Hall–Kier alpha value is -1.80. The highest BCUT2D eigenvalue weighted by atomic mass is 35.5. The Morgan fingerprint density at radius 2 is 2.12 bits per heavy atom. The molecule has 8 heteroatoms. The second-order valence-corrected chi connectivity index (χ2v) is 7.85. The molecular weight excluding hydrogens is 370 g/mol. The van der Waals surface area contributed by atoms with Gasteiger partial charge in [-0.2, -0.15) is 4.98 Å². The smallest absolute Gasteiger partial charge is 0.224 e. The largest absolute Gasteiger partial charge is 0.378 e. The lowest BCUT2D eigenvalue weighted by Gasteiger charge is -2.28. The van der Waals surface area contributed by atoms with Crippen LogP contribution in [-0.2, 0) is 17.8 Å². The van der Waals surface area contributed by atoms with E-state index in [1.165, 1.54) is 10.4 Å². The molecule has 6 nitrogen and oxygen atoms in total. The molecule has 4 rings (SSSR count). The van der Waals surface area contributed by atoms with Crippen molar-refractivity contribution in [3.05, 3.63) is 46.3 Å². The summed E-state index contributed by atoms with van der Waals surface area (Å²) >= 11 is 7.91. The lowest BCUT2D eigenvalue weighted by Crippen LogP contribution is -2.36. The third kappa shape index (κ3) is 3.96. The summed E-state index contributed by atoms with van der Waals surface area (Å²) < 4.78 is 6.55. The lowest BCUT2D eigenvalue weighted by molar-refractivity contribution is 0.122. The molecule has 1 saturated heterocycles. The van der Waals surface area contributed by atoms with Crippen LogP contribution in [0.3, 0.4) is 0 Å². The first-order valence-corrected chi connectivity index (χ1v) is 9.74. The first-order chi connectivity index (χ1) is 12.7. The predicted molar refractivity (Wildman–Crippen MR) is 105 cm³/mol. The van der Waals surface area contributed by atoms with Crippen LogP contribution in [0.5, 0.6) is 0 Å². The highest BCUT2D eigenvalue weighted by Gasteiger charge is 2.19. The monoisotopic (exact) mass is 389 g/mol. The molecule has 0 atom stereocenters. The minimum Gasteiger partial charge on any atom is -0.378 e. The summed E-state index contributed by atoms with van der Waals surface area (Å²) in [5, 5.41) is 0.298. The Balaban J connectivity index is 1.56. The van der Waals surface area contributed by atoms with Gasteiger partial charge in [-0.05, 0) is 36.3 Å². The van der Waals surface area contributed by atoms with E-state index in [1.807, 2.05) is 12.3 Å². The maximum atomic E-state index is 6.17. The van der Waals surface area contributed by atoms with E-state index in [2.05, 4.69) is 43.9 Å². The van der Waals surface area contributed by atoms with E-state index in [1.54, 1.807) is 17.5 Å². The summed E-state index contributed by atoms with van der Waals surface area (Å²) in [6.45, 7) is 4.79. The van der Waals surface area contributed by atoms with Crippen molar-refractivity contribution in [1.82, 2.24) is 19.9 Å². The minimum atomic E-state index is 0.298. The molecule has 1 fully saturated rings. The van der Waals surface area contributed by atoms with E-state index < -0.39 is 0 Å². The fourth-order valence-electron chi connectivity index (χ4n) is 3.13. The first-order valence-electron chi connectivity index (χ1n) is 8.55. The molecule has 4 heterocycles. The van der Waals surface area contributed by atoms with Crippen molar-refractivity contribution in [3.63, 3.8) is 0 Å². The molecule has 0 N–H and O–H groups in total. The van der Waals surface area contributed by atoms with Gasteiger partial charge in [0.05, 0.1) is 23.4 Å². The number of pyridine rings is 1. The highest BCUT2D eigenvalue weighted by Crippen LogP contribution is 2.33. The van der Waals surface area contributed by atoms with Crippen molar-refractivity contribution in [3.8, 4) is 0 Å². The number of aromatic nitrogens is 3. The predicted octanol–water partition coefficient (Wildman–Crippen LogP) is 3.21. The second-order valence-electron chi connectivity index (χ2n) is 6.38. The van der Waals surface area contributed by atoms with Gasteiger partial charge >= 0.3 is 0 Å². The van der Waals surface area contributed by atoms with Crippen LogP contribution in [0.25, 0.3) is 10.2 Å². The molecule has 3 aromatic heterocycles. The molecular formula is C18H20ClN5OS. The van der Waals surface area contributed by atoms with Gasteiger partial charge < -0.3 is 9.64 Å². The molecule has 0 unspecified atom stereocenters. The SMILES string of the molecule is CN(Cc1cccnc1)Cc1cc2nc(Cl)nc(N3CCOCC3)c2s1. The van der Waals surface area contributed by atoms with Gasteiger partial charge in [0, 0.05) is 43.4 Å². The fraction of sp³-hybridized carbons (Fsp3) is 0.389. The number of hydrogen-bond acceptors (Lipinski definition) is 7. The van der Waals surface area contributed by atoms with Crippen LogP contribution < -0.4 is 4.90 Å². The molecule has 0 aliphatic carbocycles. The van der Waals surface area contributed by atoms with Gasteiger partial charge in [0.25, 0.3) is 0 Å². The molecule has 0 spiro atoms. The molecule has 0 radical (unpaired) electrons. The molecule has 26 heavy (non-hydrogen) atoms. The zero-order valence-corrected chi connectivity index (χ0v) is 16.1. The van der Waals surface area contributed by atoms with Crippen molar-refractivity contribution in [2.45, 2.75) is 13.1 Å². The van der Waals surface area contributed by atoms with Crippen molar-refractivity contribution < 1.29 is 4.74 Å². The normalized spacial score (nSPS) is 15.1. The van der Waals surface area contributed by atoms with Gasteiger partial charge in [-0.3, -0.25) is 9.88 Å². The van der Waals surface area contributed by atoms with Crippen molar-refractivity contribution >= 4 is 39.0 Å². The number of rotatable bonds is 5. The second kappa shape index (κ2) is 7.84. The van der Waals surface area contributed by atoms with Gasteiger partial charge in [0.15, 0.2) is 5.82 Å². The first kappa shape index (κ1) is 17.6. The maximum absolute atomic E-state index is 6.17. The number of thiophene rings is 1. The Kier molecular flexibility index (Phi) is 5.31. The Bertz CT molecular complexity index is 882. The van der Waals surface area contributed by atoms with Gasteiger partial charge in [0.2, 0.25) is 5.28 Å². The van der Waals surface area contributed by atoms with E-state index in [9.17, 15) is 0 Å². The Morgan fingerprint density at radius 3 is 2.88 bits per heavy atom. The summed E-state index contributed by atoms with van der Waals surface area (Å²) in [5.74, 6) is 0.925. The van der Waals surface area contributed by atoms with E-state index >= 15 is 0 Å². The average molecular weight is 390 g/mol. The number of hydrogen-bond donors (Lipinski definition) is 0. The van der Waals surface area contributed by atoms with Gasteiger partial charge in [-0.15, -0.1) is 11.3 Å². The molecule has 1 aliphatic heterocycles. The zero-order chi connectivity index (χ0) is 17.9. The average Bonchev–Trinajstić information content (AvgIpc) is 3.04. The molecule has 0 bridgehead atoms. The van der Waals surface area contributed by atoms with E-state index in [0.29, 0.717) is 5.28 Å². The Morgan fingerprint density at radius 1 is 1.27 bits per heavy atom. The summed E-state index contributed by atoms with van der Waals surface area (Å²) in [6.07, 6.45) is 3.70. The molecule has 3 aromatic rings. The van der Waals surface area contributed by atoms with E-state index in [0.717, 1.165) is 55.4 Å². The topological polar surface area (TPSA) is 54.4 Å². The number of anilines is 1. The van der Waals surface area contributed by atoms with Crippen molar-refractivity contribution in [2.24, 2.45) is 0 Å². The van der Waals surface area contributed by atoms with Gasteiger partial charge in [0.1, 0.15) is 0 Å². The zero-order valence-electron chi connectivity index (χ0n) is 14.6. The third-order valence-corrected chi connectivity index (χ3v) is 5.56. The summed E-state index contributed by atoms with van der Waals surface area (Å²) in [4.78, 5) is 18.9. The van der Waals surface area contributed by atoms with Crippen LogP contribution >= 0.6 is 22.9 Å². The van der Waals surface area contributed by atoms with Gasteiger partial charge in [-0.1, -0.05) is 6.07 Å². The number of halogens is 1. The van der Waals surface area contributed by atoms with Crippen LogP contribution in [0.2, 0.25) is 5.28 Å². The quantitative estimate of drug-likeness (QED) is 0.624. The molecule has 1 aliphatic rings. The van der Waals surface area contributed by atoms with E-state index in [4.69, 9.17) is 16.3 Å². The summed E-state index contributed by atoms with van der Waals surface area (Å²) in [5.41, 5.74) is 2.12. The van der Waals surface area contributed by atoms with Crippen LogP contribution in [0, 0.1) is 0 Å². The third-order valence-electron chi connectivity index (χ3n) is 4.29. The van der Waals surface area contributed by atoms with Crippen molar-refractivity contribution in [2.75, 3.05) is 38.3 Å².